The molecule has 1 atom stereocenters. The second-order valence-electron chi connectivity index (χ2n) is 4.02. The van der Waals surface area contributed by atoms with Crippen molar-refractivity contribution in [2.45, 2.75) is 13.0 Å². The Balaban J connectivity index is 2.23. The summed E-state index contributed by atoms with van der Waals surface area (Å²) in [5, 5.41) is 8.90. The van der Waals surface area contributed by atoms with Gasteiger partial charge in [-0.25, -0.2) is 0 Å². The maximum atomic E-state index is 12.2. The van der Waals surface area contributed by atoms with Gasteiger partial charge in [-0.05, 0) is 19.1 Å². The van der Waals surface area contributed by atoms with E-state index in [2.05, 4.69) is 0 Å². The Hall–Kier alpha value is -2.28. The van der Waals surface area contributed by atoms with Crippen LogP contribution < -0.4 is 5.73 Å². The number of carbonyl (C=O) groups is 1. The van der Waals surface area contributed by atoms with Gasteiger partial charge in [0.25, 0.3) is 5.91 Å². The standard InChI is InChI=1S/C13H13N3O/c1-9-12(15)11(7-14)8-16(9)13(17)10-5-3-2-4-6-10/h2-6,9H,8,15H2,1H3. The first-order chi connectivity index (χ1) is 8.15. The van der Waals surface area contributed by atoms with Gasteiger partial charge in [0.1, 0.15) is 0 Å². The molecule has 0 saturated carbocycles. The summed E-state index contributed by atoms with van der Waals surface area (Å²) in [7, 11) is 0. The van der Waals surface area contributed by atoms with E-state index < -0.39 is 0 Å². The normalized spacial score (nSPS) is 19.3. The Morgan fingerprint density at radius 1 is 1.47 bits per heavy atom. The van der Waals surface area contributed by atoms with Crippen LogP contribution in [0.4, 0.5) is 0 Å². The molecule has 0 aromatic heterocycles. The summed E-state index contributed by atoms with van der Waals surface area (Å²) in [6, 6.07) is 10.8. The minimum atomic E-state index is -0.211. The fraction of sp³-hybridized carbons (Fsp3) is 0.231. The molecule has 0 fully saturated rings. The Bertz CT molecular complexity index is 513. The molecule has 1 aliphatic rings. The van der Waals surface area contributed by atoms with Gasteiger partial charge in [-0.15, -0.1) is 0 Å². The summed E-state index contributed by atoms with van der Waals surface area (Å²) in [5.74, 6) is -0.0914. The number of nitriles is 1. The van der Waals surface area contributed by atoms with Crippen LogP contribution in [0.15, 0.2) is 41.6 Å². The molecule has 4 nitrogen and oxygen atoms in total. The number of benzene rings is 1. The van der Waals surface area contributed by atoms with Crippen LogP contribution in [0.5, 0.6) is 0 Å². The van der Waals surface area contributed by atoms with Gasteiger partial charge in [0.15, 0.2) is 0 Å². The average Bonchev–Trinajstić information content (AvgIpc) is 2.66. The lowest BCUT2D eigenvalue weighted by Gasteiger charge is -2.22. The Morgan fingerprint density at radius 2 is 2.12 bits per heavy atom. The van der Waals surface area contributed by atoms with Gasteiger partial charge in [0, 0.05) is 11.3 Å². The molecule has 1 heterocycles. The van der Waals surface area contributed by atoms with Crippen molar-refractivity contribution in [3.63, 3.8) is 0 Å². The lowest BCUT2D eigenvalue weighted by Crippen LogP contribution is -2.36. The topological polar surface area (TPSA) is 70.1 Å². The lowest BCUT2D eigenvalue weighted by molar-refractivity contribution is 0.0753. The minimum Gasteiger partial charge on any atom is -0.399 e. The third-order valence-corrected chi connectivity index (χ3v) is 3.01. The summed E-state index contributed by atoms with van der Waals surface area (Å²) < 4.78 is 0. The van der Waals surface area contributed by atoms with Gasteiger partial charge in [0.2, 0.25) is 0 Å². The van der Waals surface area contributed by atoms with E-state index in [4.69, 9.17) is 11.0 Å². The van der Waals surface area contributed by atoms with E-state index in [0.29, 0.717) is 23.4 Å². The maximum absolute atomic E-state index is 12.2. The number of nitrogens with zero attached hydrogens (tertiary/aromatic N) is 2. The van der Waals surface area contributed by atoms with Crippen molar-refractivity contribution in [3.05, 3.63) is 47.2 Å². The van der Waals surface area contributed by atoms with Crippen molar-refractivity contribution in [2.75, 3.05) is 6.54 Å². The molecule has 0 saturated heterocycles. The first kappa shape index (κ1) is 11.2. The molecule has 4 heteroatoms. The van der Waals surface area contributed by atoms with Crippen LogP contribution >= 0.6 is 0 Å². The van der Waals surface area contributed by atoms with Gasteiger partial charge >= 0.3 is 0 Å². The monoisotopic (exact) mass is 227 g/mol. The fourth-order valence-electron chi connectivity index (χ4n) is 1.91. The van der Waals surface area contributed by atoms with Crippen molar-refractivity contribution in [3.8, 4) is 6.07 Å². The van der Waals surface area contributed by atoms with Crippen LogP contribution in [0.1, 0.15) is 17.3 Å². The van der Waals surface area contributed by atoms with E-state index in [1.54, 1.807) is 17.0 Å². The largest absolute Gasteiger partial charge is 0.399 e. The predicted molar refractivity (Wildman–Crippen MR) is 63.8 cm³/mol. The smallest absolute Gasteiger partial charge is 0.254 e. The zero-order chi connectivity index (χ0) is 12.4. The second-order valence-corrected chi connectivity index (χ2v) is 4.02. The van der Waals surface area contributed by atoms with Crippen LogP contribution in [0.3, 0.4) is 0 Å². The summed E-state index contributed by atoms with van der Waals surface area (Å²) in [6.07, 6.45) is 0. The van der Waals surface area contributed by atoms with E-state index in [9.17, 15) is 4.79 Å². The molecule has 86 valence electrons. The highest BCUT2D eigenvalue weighted by atomic mass is 16.2. The van der Waals surface area contributed by atoms with E-state index in [0.717, 1.165) is 0 Å². The van der Waals surface area contributed by atoms with Gasteiger partial charge in [-0.2, -0.15) is 5.26 Å². The van der Waals surface area contributed by atoms with E-state index in [1.807, 2.05) is 31.2 Å². The molecular weight excluding hydrogens is 214 g/mol. The molecular formula is C13H13N3O. The number of nitrogens with two attached hydrogens (primary N) is 1. The van der Waals surface area contributed by atoms with Crippen molar-refractivity contribution < 1.29 is 4.79 Å². The molecule has 0 aliphatic carbocycles. The highest BCUT2D eigenvalue weighted by Crippen LogP contribution is 2.22. The average molecular weight is 227 g/mol. The van der Waals surface area contributed by atoms with Gasteiger partial charge in [-0.1, -0.05) is 18.2 Å². The Kier molecular flexibility index (Phi) is 2.84. The molecule has 0 radical (unpaired) electrons. The predicted octanol–water partition coefficient (Wildman–Crippen LogP) is 1.27. The quantitative estimate of drug-likeness (QED) is 0.785. The van der Waals surface area contributed by atoms with Crippen molar-refractivity contribution in [2.24, 2.45) is 5.73 Å². The third kappa shape index (κ3) is 1.87. The zero-order valence-corrected chi connectivity index (χ0v) is 9.55. The van der Waals surface area contributed by atoms with E-state index in [-0.39, 0.29) is 11.9 Å². The molecule has 2 rings (SSSR count). The number of hydrogen-bond acceptors (Lipinski definition) is 3. The highest BCUT2D eigenvalue weighted by Gasteiger charge is 2.31. The number of rotatable bonds is 1. The summed E-state index contributed by atoms with van der Waals surface area (Å²) in [5.41, 5.74) is 7.40. The summed E-state index contributed by atoms with van der Waals surface area (Å²) in [6.45, 7) is 2.14. The van der Waals surface area contributed by atoms with Crippen LogP contribution in [0, 0.1) is 11.3 Å². The number of carbonyl (C=O) groups excluding carboxylic acids is 1. The Morgan fingerprint density at radius 3 is 2.65 bits per heavy atom. The molecule has 1 aromatic rings. The minimum absolute atomic E-state index is 0.0914. The molecule has 0 bridgehead atoms. The van der Waals surface area contributed by atoms with Crippen molar-refractivity contribution >= 4 is 5.91 Å². The molecule has 1 aromatic carbocycles. The first-order valence-corrected chi connectivity index (χ1v) is 5.39. The summed E-state index contributed by atoms with van der Waals surface area (Å²) in [4.78, 5) is 13.8. The zero-order valence-electron chi connectivity index (χ0n) is 9.55. The molecule has 1 aliphatic heterocycles. The second kappa shape index (κ2) is 4.30. The van der Waals surface area contributed by atoms with Gasteiger partial charge in [-0.3, -0.25) is 4.79 Å². The van der Waals surface area contributed by atoms with Crippen LogP contribution in [-0.2, 0) is 0 Å². The molecule has 2 N–H and O–H groups in total. The van der Waals surface area contributed by atoms with Crippen molar-refractivity contribution in [1.29, 1.82) is 5.26 Å². The fourth-order valence-corrected chi connectivity index (χ4v) is 1.91. The van der Waals surface area contributed by atoms with Crippen molar-refractivity contribution in [1.82, 2.24) is 4.90 Å². The van der Waals surface area contributed by atoms with Crippen LogP contribution in [-0.4, -0.2) is 23.4 Å². The van der Waals surface area contributed by atoms with E-state index in [1.165, 1.54) is 0 Å². The third-order valence-electron chi connectivity index (χ3n) is 3.01. The van der Waals surface area contributed by atoms with Crippen LogP contribution in [0.25, 0.3) is 0 Å². The molecule has 0 spiro atoms. The highest BCUT2D eigenvalue weighted by molar-refractivity contribution is 5.95. The number of amides is 1. The summed E-state index contributed by atoms with van der Waals surface area (Å²) >= 11 is 0. The van der Waals surface area contributed by atoms with E-state index >= 15 is 0 Å². The molecule has 17 heavy (non-hydrogen) atoms. The maximum Gasteiger partial charge on any atom is 0.254 e. The molecule has 1 unspecified atom stereocenters. The number of hydrogen-bond donors (Lipinski definition) is 1. The van der Waals surface area contributed by atoms with Crippen LogP contribution in [0.2, 0.25) is 0 Å². The van der Waals surface area contributed by atoms with Gasteiger partial charge < -0.3 is 10.6 Å². The molecule has 1 amide bonds. The SMILES string of the molecule is CC1C(N)=C(C#N)CN1C(=O)c1ccccc1. The lowest BCUT2D eigenvalue weighted by atomic mass is 10.2. The van der Waals surface area contributed by atoms with Gasteiger partial charge in [0.05, 0.1) is 24.2 Å². The Labute approximate surface area is 99.9 Å². The first-order valence-electron chi connectivity index (χ1n) is 5.39.